The van der Waals surface area contributed by atoms with Crippen LogP contribution in [0.4, 0.5) is 11.6 Å². The van der Waals surface area contributed by atoms with Gasteiger partial charge in [0.1, 0.15) is 18.0 Å². The van der Waals surface area contributed by atoms with E-state index in [4.69, 9.17) is 0 Å². The molecular weight excluding hydrogens is 214 g/mol. The van der Waals surface area contributed by atoms with Gasteiger partial charge >= 0.3 is 0 Å². The molecule has 5 heteroatoms. The molecule has 1 fully saturated rings. The maximum Gasteiger partial charge on any atom is 0.145 e. The van der Waals surface area contributed by atoms with Gasteiger partial charge in [-0.15, -0.1) is 0 Å². The minimum absolute atomic E-state index is 0.840. The lowest BCUT2D eigenvalue weighted by Gasteiger charge is -2.31. The maximum atomic E-state index is 4.35. The lowest BCUT2D eigenvalue weighted by Crippen LogP contribution is -2.33. The summed E-state index contributed by atoms with van der Waals surface area (Å²) >= 11 is 0. The Morgan fingerprint density at radius 1 is 1.29 bits per heavy atom. The van der Waals surface area contributed by atoms with Crippen molar-refractivity contribution in [1.29, 1.82) is 0 Å². The van der Waals surface area contributed by atoms with Crippen molar-refractivity contribution < 1.29 is 0 Å². The number of aromatic nitrogens is 2. The standard InChI is InChI=1S/C12H21N5/c1-10-4-6-17(7-5-10)12-8-11(13-9-14-12)15-16(2)3/h8-10H,4-7H2,1-3H3,(H,13,14,15). The van der Waals surface area contributed by atoms with Gasteiger partial charge in [0.25, 0.3) is 0 Å². The predicted octanol–water partition coefficient (Wildman–Crippen LogP) is 1.60. The number of rotatable bonds is 3. The predicted molar refractivity (Wildman–Crippen MR) is 70.0 cm³/mol. The fourth-order valence-electron chi connectivity index (χ4n) is 2.05. The van der Waals surface area contributed by atoms with Gasteiger partial charge in [-0.25, -0.2) is 15.0 Å². The first kappa shape index (κ1) is 12.1. The molecule has 1 aromatic heterocycles. The summed E-state index contributed by atoms with van der Waals surface area (Å²) in [6.07, 6.45) is 4.13. The zero-order chi connectivity index (χ0) is 12.3. The van der Waals surface area contributed by atoms with Crippen molar-refractivity contribution in [3.63, 3.8) is 0 Å². The van der Waals surface area contributed by atoms with E-state index in [1.807, 2.05) is 25.2 Å². The van der Waals surface area contributed by atoms with Gasteiger partial charge in [-0.05, 0) is 18.8 Å². The largest absolute Gasteiger partial charge is 0.356 e. The zero-order valence-electron chi connectivity index (χ0n) is 10.8. The van der Waals surface area contributed by atoms with Gasteiger partial charge in [-0.2, -0.15) is 0 Å². The van der Waals surface area contributed by atoms with Crippen LogP contribution >= 0.6 is 0 Å². The van der Waals surface area contributed by atoms with Gasteiger partial charge in [0, 0.05) is 33.3 Å². The Kier molecular flexibility index (Phi) is 3.78. The molecule has 94 valence electrons. The van der Waals surface area contributed by atoms with Gasteiger partial charge in [0.2, 0.25) is 0 Å². The molecule has 0 bridgehead atoms. The minimum atomic E-state index is 0.840. The second-order valence-corrected chi connectivity index (χ2v) is 4.94. The van der Waals surface area contributed by atoms with E-state index in [9.17, 15) is 0 Å². The van der Waals surface area contributed by atoms with Crippen LogP contribution in [0, 0.1) is 5.92 Å². The molecule has 0 atom stereocenters. The topological polar surface area (TPSA) is 44.3 Å². The van der Waals surface area contributed by atoms with Crippen LogP contribution in [-0.2, 0) is 0 Å². The molecule has 17 heavy (non-hydrogen) atoms. The Morgan fingerprint density at radius 2 is 2.00 bits per heavy atom. The summed E-state index contributed by atoms with van der Waals surface area (Å²) in [6.45, 7) is 4.51. The highest BCUT2D eigenvalue weighted by Crippen LogP contribution is 2.22. The monoisotopic (exact) mass is 235 g/mol. The summed E-state index contributed by atoms with van der Waals surface area (Å²) in [5, 5.41) is 1.88. The summed E-state index contributed by atoms with van der Waals surface area (Å²) in [5.41, 5.74) is 3.15. The molecule has 1 aliphatic rings. The van der Waals surface area contributed by atoms with E-state index in [1.54, 1.807) is 6.33 Å². The summed E-state index contributed by atoms with van der Waals surface area (Å²) in [4.78, 5) is 10.9. The third-order valence-electron chi connectivity index (χ3n) is 3.10. The molecule has 0 unspecified atom stereocenters. The molecule has 1 N–H and O–H groups in total. The van der Waals surface area contributed by atoms with E-state index >= 15 is 0 Å². The SMILES string of the molecule is CC1CCN(c2cc(NN(C)C)ncn2)CC1. The fraction of sp³-hybridized carbons (Fsp3) is 0.667. The lowest BCUT2D eigenvalue weighted by molar-refractivity contribution is 0.436. The summed E-state index contributed by atoms with van der Waals surface area (Å²) in [7, 11) is 3.90. The first-order valence-corrected chi connectivity index (χ1v) is 6.16. The van der Waals surface area contributed by atoms with Crippen LogP contribution in [0.15, 0.2) is 12.4 Å². The number of anilines is 2. The first-order valence-electron chi connectivity index (χ1n) is 6.16. The van der Waals surface area contributed by atoms with E-state index in [1.165, 1.54) is 12.8 Å². The molecule has 0 saturated carbocycles. The van der Waals surface area contributed by atoms with Crippen molar-refractivity contribution in [1.82, 2.24) is 15.0 Å². The third-order valence-corrected chi connectivity index (χ3v) is 3.10. The summed E-state index contributed by atoms with van der Waals surface area (Å²) < 4.78 is 0. The minimum Gasteiger partial charge on any atom is -0.356 e. The Hall–Kier alpha value is -1.36. The second kappa shape index (κ2) is 5.31. The number of hydrazine groups is 1. The third kappa shape index (κ3) is 3.30. The Labute approximate surface area is 103 Å². The van der Waals surface area contributed by atoms with E-state index in [-0.39, 0.29) is 0 Å². The number of piperidine rings is 1. The molecule has 5 nitrogen and oxygen atoms in total. The van der Waals surface area contributed by atoms with E-state index < -0.39 is 0 Å². The molecule has 1 aliphatic heterocycles. The first-order chi connectivity index (χ1) is 8.15. The molecule has 0 spiro atoms. The normalized spacial score (nSPS) is 17.5. The Morgan fingerprint density at radius 3 is 2.65 bits per heavy atom. The molecule has 2 rings (SSSR count). The summed E-state index contributed by atoms with van der Waals surface area (Å²) in [5.74, 6) is 2.71. The highest BCUT2D eigenvalue weighted by atomic mass is 15.5. The van der Waals surface area contributed by atoms with Crippen molar-refractivity contribution in [2.24, 2.45) is 5.92 Å². The van der Waals surface area contributed by atoms with Crippen LogP contribution in [0.3, 0.4) is 0 Å². The second-order valence-electron chi connectivity index (χ2n) is 4.94. The van der Waals surface area contributed by atoms with Crippen LogP contribution in [-0.4, -0.2) is 42.2 Å². The fourth-order valence-corrected chi connectivity index (χ4v) is 2.05. The smallest absolute Gasteiger partial charge is 0.145 e. The van der Waals surface area contributed by atoms with E-state index in [0.717, 1.165) is 30.6 Å². The van der Waals surface area contributed by atoms with Crippen LogP contribution in [0.5, 0.6) is 0 Å². The molecule has 0 aromatic carbocycles. The van der Waals surface area contributed by atoms with E-state index in [0.29, 0.717) is 0 Å². The van der Waals surface area contributed by atoms with Gasteiger partial charge in [-0.1, -0.05) is 6.92 Å². The average Bonchev–Trinajstić information content (AvgIpc) is 2.29. The zero-order valence-corrected chi connectivity index (χ0v) is 10.8. The quantitative estimate of drug-likeness (QED) is 0.806. The molecule has 2 heterocycles. The molecule has 0 amide bonds. The van der Waals surface area contributed by atoms with Crippen LogP contribution in [0.1, 0.15) is 19.8 Å². The molecular formula is C12H21N5. The van der Waals surface area contributed by atoms with Gasteiger partial charge in [0.05, 0.1) is 0 Å². The molecule has 1 saturated heterocycles. The lowest BCUT2D eigenvalue weighted by atomic mass is 9.99. The van der Waals surface area contributed by atoms with Crippen molar-refractivity contribution >= 4 is 11.6 Å². The van der Waals surface area contributed by atoms with Gasteiger partial charge < -0.3 is 10.3 Å². The van der Waals surface area contributed by atoms with Crippen molar-refractivity contribution in [3.05, 3.63) is 12.4 Å². The van der Waals surface area contributed by atoms with Crippen LogP contribution in [0.25, 0.3) is 0 Å². The van der Waals surface area contributed by atoms with Crippen molar-refractivity contribution in [2.75, 3.05) is 37.5 Å². The van der Waals surface area contributed by atoms with Crippen LogP contribution in [0.2, 0.25) is 0 Å². The molecule has 1 aromatic rings. The van der Waals surface area contributed by atoms with Crippen LogP contribution < -0.4 is 10.3 Å². The molecule has 0 aliphatic carbocycles. The Balaban J connectivity index is 2.05. The highest BCUT2D eigenvalue weighted by molar-refractivity contribution is 5.48. The number of nitrogens with one attached hydrogen (secondary N) is 1. The van der Waals surface area contributed by atoms with E-state index in [2.05, 4.69) is 27.2 Å². The van der Waals surface area contributed by atoms with Gasteiger partial charge in [-0.3, -0.25) is 0 Å². The Bertz CT molecular complexity index is 358. The van der Waals surface area contributed by atoms with Gasteiger partial charge in [0.15, 0.2) is 0 Å². The highest BCUT2D eigenvalue weighted by Gasteiger charge is 2.17. The summed E-state index contributed by atoms with van der Waals surface area (Å²) in [6, 6.07) is 2.01. The number of hydrogen-bond acceptors (Lipinski definition) is 5. The number of nitrogens with zero attached hydrogens (tertiary/aromatic N) is 4. The average molecular weight is 235 g/mol. The number of hydrogen-bond donors (Lipinski definition) is 1. The maximum absolute atomic E-state index is 4.35. The van der Waals surface area contributed by atoms with Crippen molar-refractivity contribution in [3.8, 4) is 0 Å². The molecule has 0 radical (unpaired) electrons. The van der Waals surface area contributed by atoms with Crippen molar-refractivity contribution in [2.45, 2.75) is 19.8 Å².